The summed E-state index contributed by atoms with van der Waals surface area (Å²) in [6.45, 7) is 1.23. The molecular weight excluding hydrogens is 769 g/mol. The zero-order chi connectivity index (χ0) is 37.5. The molecule has 2 aromatic heterocycles. The first kappa shape index (κ1) is 34.4. The van der Waals surface area contributed by atoms with Crippen LogP contribution in [-0.4, -0.2) is 57.5 Å². The van der Waals surface area contributed by atoms with E-state index in [1.54, 1.807) is 0 Å². The van der Waals surface area contributed by atoms with Crippen molar-refractivity contribution in [1.29, 1.82) is 0 Å². The Hall–Kier alpha value is -4.65. The van der Waals surface area contributed by atoms with E-state index < -0.39 is 20.6 Å². The van der Waals surface area contributed by atoms with Crippen molar-refractivity contribution >= 4 is 60.4 Å². The van der Waals surface area contributed by atoms with Crippen molar-refractivity contribution < 1.29 is 7.53 Å². The number of nitrogens with zero attached hydrogens (tertiary/aromatic N) is 7. The van der Waals surface area contributed by atoms with Gasteiger partial charge in [-0.25, -0.2) is 0 Å². The molecule has 288 valence electrons. The van der Waals surface area contributed by atoms with Gasteiger partial charge in [-0.15, -0.1) is 0 Å². The van der Waals surface area contributed by atoms with Crippen LogP contribution < -0.4 is 11.0 Å². The maximum atomic E-state index is 7.95. The molecule has 2 fully saturated rings. The Bertz CT molecular complexity index is 2630. The summed E-state index contributed by atoms with van der Waals surface area (Å²) in [4.78, 5) is 31.9. The number of hydrogen-bond donors (Lipinski definition) is 1. The van der Waals surface area contributed by atoms with Gasteiger partial charge in [-0.1, -0.05) is 0 Å². The van der Waals surface area contributed by atoms with E-state index >= 15 is 0 Å². The van der Waals surface area contributed by atoms with Gasteiger partial charge in [0.05, 0.1) is 0 Å². The quantitative estimate of drug-likeness (QED) is 0.197. The molecule has 2 aromatic carbocycles. The molecule has 6 heterocycles. The molecule has 1 unspecified atom stereocenters. The third-order valence-corrected chi connectivity index (χ3v) is 20.2. The molecule has 12 rings (SSSR count). The number of allylic oxidation sites excluding steroid dienone is 2. The Balaban J connectivity index is 1.24. The van der Waals surface area contributed by atoms with E-state index in [2.05, 4.69) is 85.2 Å². The monoisotopic (exact) mass is 818 g/mol. The summed E-state index contributed by atoms with van der Waals surface area (Å²) in [6, 6.07) is 17.4. The Morgan fingerprint density at radius 2 is 1.37 bits per heavy atom. The molecule has 4 aliphatic carbocycles. The van der Waals surface area contributed by atoms with Crippen molar-refractivity contribution in [1.82, 2.24) is 12.4 Å². The average Bonchev–Trinajstić information content (AvgIpc) is 3.98. The van der Waals surface area contributed by atoms with E-state index in [9.17, 15) is 0 Å². The minimum absolute atomic E-state index is 0.448. The molecule has 0 radical (unpaired) electrons. The topological polar surface area (TPSA) is 104 Å². The zero-order valence-corrected chi connectivity index (χ0v) is 34.5. The number of H-pyrrole nitrogens is 1. The van der Waals surface area contributed by atoms with Crippen LogP contribution in [0, 0.1) is 11.8 Å². The second-order valence-electron chi connectivity index (χ2n) is 17.1. The molecule has 4 aliphatic heterocycles. The van der Waals surface area contributed by atoms with Gasteiger partial charge in [0, 0.05) is 0 Å². The van der Waals surface area contributed by atoms with Crippen LogP contribution in [0.15, 0.2) is 103 Å². The Labute approximate surface area is 336 Å². The van der Waals surface area contributed by atoms with Gasteiger partial charge >= 0.3 is 337 Å². The standard InChI is InChI=1S/C46H48GeN8O2/c1-3-15-29(16-4-1)27-56-47(57-28-30-17-5-2-6-18-30)54-43-35-23-11-12-24-36(35)45(54)52-41-33-21-9-10-22-34(33)42(49-41)53-46-38-26-14-13-25-37(38)44(55(46)47)51-40-32-20-8-7-19-31(32)39(48-40)50-43/h7,10-14,19,22-26,29-30,44,49H,1-6,8-9,15-18,20-21,27-28H2. The molecule has 8 aliphatic rings. The first-order valence-corrected chi connectivity index (χ1v) is 25.1. The molecule has 6 bridgehead atoms. The summed E-state index contributed by atoms with van der Waals surface area (Å²) in [5.41, 5.74) is 8.32. The third kappa shape index (κ3) is 5.46. The van der Waals surface area contributed by atoms with Gasteiger partial charge in [0.15, 0.2) is 0 Å². The van der Waals surface area contributed by atoms with Crippen LogP contribution in [0.4, 0.5) is 11.6 Å². The number of benzene rings is 2. The van der Waals surface area contributed by atoms with Crippen molar-refractivity contribution in [3.05, 3.63) is 111 Å². The van der Waals surface area contributed by atoms with E-state index in [1.165, 1.54) is 69.8 Å². The van der Waals surface area contributed by atoms with Crippen molar-refractivity contribution in [3.63, 3.8) is 0 Å². The van der Waals surface area contributed by atoms with E-state index in [-0.39, 0.29) is 0 Å². The van der Waals surface area contributed by atoms with Crippen molar-refractivity contribution in [2.24, 2.45) is 36.8 Å². The number of aromatic nitrogens is 2. The van der Waals surface area contributed by atoms with E-state index in [0.29, 0.717) is 30.9 Å². The summed E-state index contributed by atoms with van der Waals surface area (Å²) in [6.07, 6.45) is 24.3. The second kappa shape index (κ2) is 13.7. The summed E-state index contributed by atoms with van der Waals surface area (Å²) < 4.78 is 20.7. The molecule has 2 saturated carbocycles. The van der Waals surface area contributed by atoms with Crippen molar-refractivity contribution in [2.45, 2.75) is 96.1 Å². The van der Waals surface area contributed by atoms with Crippen LogP contribution in [0.3, 0.4) is 0 Å². The normalized spacial score (nSPS) is 23.3. The van der Waals surface area contributed by atoms with Crippen LogP contribution in [0.2, 0.25) is 0 Å². The fraction of sp³-hybridized carbons (Fsp3) is 0.413. The second-order valence-corrected chi connectivity index (χ2v) is 22.5. The van der Waals surface area contributed by atoms with Gasteiger partial charge in [0.25, 0.3) is 0 Å². The summed E-state index contributed by atoms with van der Waals surface area (Å²) in [5, 5.41) is 2.06. The number of nitrogens with one attached hydrogen (secondary N) is 1. The fourth-order valence-electron chi connectivity index (χ4n) is 10.6. The molecule has 11 heteroatoms. The van der Waals surface area contributed by atoms with Crippen LogP contribution in [0.5, 0.6) is 0 Å². The predicted octanol–water partition coefficient (Wildman–Crippen LogP) is 8.85. The first-order valence-electron chi connectivity index (χ1n) is 21.5. The van der Waals surface area contributed by atoms with Gasteiger partial charge in [-0.2, -0.15) is 0 Å². The van der Waals surface area contributed by atoms with Gasteiger partial charge < -0.3 is 0 Å². The number of rotatable bonds is 6. The van der Waals surface area contributed by atoms with E-state index in [4.69, 9.17) is 32.5 Å². The van der Waals surface area contributed by atoms with Gasteiger partial charge in [0.1, 0.15) is 0 Å². The molecular formula is C46H48GeN8O2. The van der Waals surface area contributed by atoms with Crippen molar-refractivity contribution in [2.75, 3.05) is 13.2 Å². The number of amidine groups is 3. The van der Waals surface area contributed by atoms with Crippen LogP contribution in [-0.2, 0) is 13.9 Å². The zero-order valence-electron chi connectivity index (χ0n) is 32.4. The number of aromatic amines is 1. The fourth-order valence-corrected chi connectivity index (χ4v) is 18.1. The van der Waals surface area contributed by atoms with Crippen LogP contribution in [0.25, 0.3) is 16.8 Å². The Kier molecular flexibility index (Phi) is 8.29. The molecule has 10 nitrogen and oxygen atoms in total. The Morgan fingerprint density at radius 3 is 2.14 bits per heavy atom. The minimum atomic E-state index is -4.81. The molecule has 0 amide bonds. The van der Waals surface area contributed by atoms with E-state index in [0.717, 1.165) is 98.6 Å². The van der Waals surface area contributed by atoms with Crippen LogP contribution in [0.1, 0.15) is 112 Å². The van der Waals surface area contributed by atoms with Gasteiger partial charge in [-0.05, 0) is 0 Å². The number of hydrogen-bond acceptors (Lipinski definition) is 8. The summed E-state index contributed by atoms with van der Waals surface area (Å²) >= 11 is -4.81. The molecule has 1 atom stereocenters. The molecule has 0 spiro atoms. The number of fused-ring (bicyclic) bond motifs is 14. The van der Waals surface area contributed by atoms with Crippen molar-refractivity contribution in [3.8, 4) is 0 Å². The van der Waals surface area contributed by atoms with Crippen LogP contribution >= 0.6 is 0 Å². The third-order valence-electron chi connectivity index (χ3n) is 13.6. The maximum absolute atomic E-state index is 7.95. The molecule has 1 N–H and O–H groups in total. The summed E-state index contributed by atoms with van der Waals surface area (Å²) in [5.74, 6) is 4.88. The summed E-state index contributed by atoms with van der Waals surface area (Å²) in [7, 11) is 0. The predicted molar refractivity (Wildman–Crippen MR) is 226 cm³/mol. The first-order chi connectivity index (χ1) is 28.2. The molecule has 0 saturated heterocycles. The SMILES string of the molecule is C1=CC2=C(CC1)C1=NC3c4ccccc4C4=Nc5[nH]c(c6c5C=CCC6)N=c5c6ccccc6c([n]5[Ge]([O]CC5CCCCC5)([O]CC5CCCCC5)[N]43)=NC2=N1. The average molecular weight is 818 g/mol. The molecule has 4 aromatic rings. The van der Waals surface area contributed by atoms with E-state index in [1.807, 2.05) is 0 Å². The number of aliphatic imine (C=N–C) groups is 3. The van der Waals surface area contributed by atoms with Gasteiger partial charge in [0.2, 0.25) is 0 Å². The van der Waals surface area contributed by atoms with Gasteiger partial charge in [-0.3, -0.25) is 0 Å². The molecule has 57 heavy (non-hydrogen) atoms. The Morgan fingerprint density at radius 1 is 0.684 bits per heavy atom.